The van der Waals surface area contributed by atoms with E-state index in [9.17, 15) is 4.79 Å². The molecule has 1 aliphatic heterocycles. The molecule has 1 aromatic carbocycles. The topological polar surface area (TPSA) is 53.9 Å². The van der Waals surface area contributed by atoms with Crippen LogP contribution in [-0.4, -0.2) is 25.0 Å². The maximum atomic E-state index is 11.5. The smallest absolute Gasteiger partial charge is 0.428 e. The molecule has 0 aromatic heterocycles. The zero-order valence-corrected chi connectivity index (χ0v) is 14.7. The second kappa shape index (κ2) is 6.07. The fourth-order valence-electron chi connectivity index (χ4n) is 2.80. The van der Waals surface area contributed by atoms with Crippen molar-refractivity contribution in [3.8, 4) is 0 Å². The van der Waals surface area contributed by atoms with Crippen LogP contribution in [-0.2, 0) is 10.2 Å². The molecule has 0 aliphatic carbocycles. The highest BCUT2D eigenvalue weighted by Crippen LogP contribution is 2.46. The van der Waals surface area contributed by atoms with Gasteiger partial charge in [-0.3, -0.25) is 0 Å². The highest BCUT2D eigenvalue weighted by molar-refractivity contribution is 5.80. The number of benzene rings is 1. The number of anilines is 1. The maximum absolute atomic E-state index is 11.5. The monoisotopic (exact) mass is 315 g/mol. The van der Waals surface area contributed by atoms with Gasteiger partial charge in [-0.05, 0) is 38.5 Å². The molecule has 5 nitrogen and oxygen atoms in total. The summed E-state index contributed by atoms with van der Waals surface area (Å²) in [6, 6.07) is 8.33. The van der Waals surface area contributed by atoms with Gasteiger partial charge in [0.25, 0.3) is 0 Å². The number of allylic oxidation sites excluding steroid dienone is 2. The SMILES string of the molecule is CN1/C(=C\C=N/NC(=O)OC(C)(C)C)C(C)(C)c2ccccc21. The molecule has 0 atom stereocenters. The molecule has 0 fully saturated rings. The number of ether oxygens (including phenoxy) is 1. The van der Waals surface area contributed by atoms with Gasteiger partial charge in [-0.15, -0.1) is 0 Å². The number of hydrogen-bond donors (Lipinski definition) is 1. The molecule has 2 rings (SSSR count). The van der Waals surface area contributed by atoms with Gasteiger partial charge in [0.05, 0.1) is 0 Å². The standard InChI is InChI=1S/C18H25N3O2/c1-17(2,3)23-16(22)20-19-12-11-15-18(4,5)13-9-7-8-10-14(13)21(15)6/h7-12H,1-6H3,(H,20,22)/b15-11-,19-12-. The van der Waals surface area contributed by atoms with E-state index in [1.807, 2.05) is 40.0 Å². The van der Waals surface area contributed by atoms with Gasteiger partial charge in [-0.1, -0.05) is 32.0 Å². The highest BCUT2D eigenvalue weighted by atomic mass is 16.6. The first-order valence-electron chi connectivity index (χ1n) is 7.69. The lowest BCUT2D eigenvalue weighted by Gasteiger charge is -2.23. The van der Waals surface area contributed by atoms with E-state index in [0.29, 0.717) is 0 Å². The van der Waals surface area contributed by atoms with E-state index in [2.05, 4.69) is 47.5 Å². The van der Waals surface area contributed by atoms with Crippen LogP contribution in [0, 0.1) is 0 Å². The summed E-state index contributed by atoms with van der Waals surface area (Å²) >= 11 is 0. The fourth-order valence-corrected chi connectivity index (χ4v) is 2.80. The van der Waals surface area contributed by atoms with Crippen molar-refractivity contribution in [2.45, 2.75) is 45.6 Å². The van der Waals surface area contributed by atoms with Gasteiger partial charge >= 0.3 is 6.09 Å². The summed E-state index contributed by atoms with van der Waals surface area (Å²) in [7, 11) is 2.04. The van der Waals surface area contributed by atoms with Crippen molar-refractivity contribution >= 4 is 18.0 Å². The Kier molecular flexibility index (Phi) is 4.50. The van der Waals surface area contributed by atoms with E-state index < -0.39 is 11.7 Å². The third-order valence-corrected chi connectivity index (χ3v) is 3.80. The lowest BCUT2D eigenvalue weighted by molar-refractivity contribution is 0.0529. The predicted molar refractivity (Wildman–Crippen MR) is 93.8 cm³/mol. The fraction of sp³-hybridized carbons (Fsp3) is 0.444. The second-order valence-electron chi connectivity index (χ2n) is 7.14. The quantitative estimate of drug-likeness (QED) is 0.667. The number of rotatable bonds is 2. The van der Waals surface area contributed by atoms with Crippen molar-refractivity contribution in [2.24, 2.45) is 5.10 Å². The molecule has 23 heavy (non-hydrogen) atoms. The number of hydrazone groups is 1. The van der Waals surface area contributed by atoms with Gasteiger partial charge < -0.3 is 9.64 Å². The van der Waals surface area contributed by atoms with E-state index in [1.54, 1.807) is 6.21 Å². The Balaban J connectivity index is 2.09. The number of likely N-dealkylation sites (N-methyl/N-ethyl adjacent to an activating group) is 1. The van der Waals surface area contributed by atoms with Crippen molar-refractivity contribution < 1.29 is 9.53 Å². The van der Waals surface area contributed by atoms with Gasteiger partial charge in [0.1, 0.15) is 5.60 Å². The van der Waals surface area contributed by atoms with Crippen LogP contribution in [0.5, 0.6) is 0 Å². The Morgan fingerprint density at radius 2 is 1.96 bits per heavy atom. The summed E-state index contributed by atoms with van der Waals surface area (Å²) in [5.74, 6) is 0. The third-order valence-electron chi connectivity index (χ3n) is 3.80. The minimum Gasteiger partial charge on any atom is -0.443 e. The van der Waals surface area contributed by atoms with E-state index in [-0.39, 0.29) is 5.41 Å². The van der Waals surface area contributed by atoms with E-state index in [1.165, 1.54) is 11.3 Å². The lowest BCUT2D eigenvalue weighted by atomic mass is 9.84. The van der Waals surface area contributed by atoms with Gasteiger partial charge in [0, 0.05) is 30.1 Å². The number of carbonyl (C=O) groups excluding carboxylic acids is 1. The van der Waals surface area contributed by atoms with Crippen LogP contribution in [0.25, 0.3) is 0 Å². The molecular weight excluding hydrogens is 290 g/mol. The number of nitrogens with zero attached hydrogens (tertiary/aromatic N) is 2. The van der Waals surface area contributed by atoms with Crippen molar-refractivity contribution in [1.29, 1.82) is 0 Å². The Hall–Kier alpha value is -2.30. The number of fused-ring (bicyclic) bond motifs is 1. The van der Waals surface area contributed by atoms with Crippen LogP contribution < -0.4 is 10.3 Å². The molecule has 0 saturated carbocycles. The number of nitrogens with one attached hydrogen (secondary N) is 1. The summed E-state index contributed by atoms with van der Waals surface area (Å²) in [6.07, 6.45) is 2.94. The Morgan fingerprint density at radius 1 is 1.30 bits per heavy atom. The minimum atomic E-state index is -0.561. The Labute approximate surface area is 138 Å². The largest absolute Gasteiger partial charge is 0.443 e. The van der Waals surface area contributed by atoms with E-state index >= 15 is 0 Å². The van der Waals surface area contributed by atoms with Crippen LogP contribution >= 0.6 is 0 Å². The molecule has 0 spiro atoms. The second-order valence-corrected chi connectivity index (χ2v) is 7.14. The van der Waals surface area contributed by atoms with Crippen LogP contribution in [0.1, 0.15) is 40.2 Å². The number of carbonyl (C=O) groups is 1. The number of para-hydroxylation sites is 1. The summed E-state index contributed by atoms with van der Waals surface area (Å²) in [5.41, 5.74) is 5.32. The molecule has 1 aliphatic rings. The van der Waals surface area contributed by atoms with Crippen LogP contribution in [0.15, 0.2) is 41.1 Å². The normalized spacial score (nSPS) is 18.3. The summed E-state index contributed by atoms with van der Waals surface area (Å²) in [6.45, 7) is 9.79. The third kappa shape index (κ3) is 3.73. The van der Waals surface area contributed by atoms with Gasteiger partial charge in [0.15, 0.2) is 0 Å². The average molecular weight is 315 g/mol. The number of amides is 1. The molecule has 0 radical (unpaired) electrons. The molecule has 1 amide bonds. The minimum absolute atomic E-state index is 0.108. The summed E-state index contributed by atoms with van der Waals surface area (Å²) in [5, 5.41) is 3.93. The van der Waals surface area contributed by atoms with Crippen LogP contribution in [0.2, 0.25) is 0 Å². The first-order valence-corrected chi connectivity index (χ1v) is 7.69. The van der Waals surface area contributed by atoms with Crippen molar-refractivity contribution in [3.63, 3.8) is 0 Å². The van der Waals surface area contributed by atoms with E-state index in [0.717, 1.165) is 5.70 Å². The van der Waals surface area contributed by atoms with Crippen LogP contribution in [0.4, 0.5) is 10.5 Å². The van der Waals surface area contributed by atoms with Gasteiger partial charge in [-0.25, -0.2) is 10.2 Å². The molecule has 124 valence electrons. The van der Waals surface area contributed by atoms with Crippen LogP contribution in [0.3, 0.4) is 0 Å². The average Bonchev–Trinajstić information content (AvgIpc) is 2.62. The predicted octanol–water partition coefficient (Wildman–Crippen LogP) is 3.81. The first-order chi connectivity index (χ1) is 10.6. The summed E-state index contributed by atoms with van der Waals surface area (Å²) in [4.78, 5) is 13.7. The first kappa shape index (κ1) is 17.1. The molecule has 5 heteroatoms. The van der Waals surface area contributed by atoms with Crippen molar-refractivity contribution in [2.75, 3.05) is 11.9 Å². The van der Waals surface area contributed by atoms with Gasteiger partial charge in [0.2, 0.25) is 0 Å². The molecule has 0 bridgehead atoms. The number of hydrogen-bond acceptors (Lipinski definition) is 4. The molecule has 0 unspecified atom stereocenters. The molecule has 0 saturated heterocycles. The van der Waals surface area contributed by atoms with Crippen molar-refractivity contribution in [3.05, 3.63) is 41.6 Å². The zero-order valence-electron chi connectivity index (χ0n) is 14.7. The molecule has 1 heterocycles. The highest BCUT2D eigenvalue weighted by Gasteiger charge is 2.37. The zero-order chi connectivity index (χ0) is 17.3. The van der Waals surface area contributed by atoms with E-state index in [4.69, 9.17) is 4.74 Å². The lowest BCUT2D eigenvalue weighted by Crippen LogP contribution is -2.29. The van der Waals surface area contributed by atoms with Gasteiger partial charge in [-0.2, -0.15) is 5.10 Å². The summed E-state index contributed by atoms with van der Waals surface area (Å²) < 4.78 is 5.13. The molecule has 1 aromatic rings. The maximum Gasteiger partial charge on any atom is 0.428 e. The van der Waals surface area contributed by atoms with Crippen molar-refractivity contribution in [1.82, 2.24) is 5.43 Å². The molecular formula is C18H25N3O2. The Bertz CT molecular complexity index is 654. The molecule has 1 N–H and O–H groups in total. The Morgan fingerprint density at radius 3 is 2.57 bits per heavy atom.